The van der Waals surface area contributed by atoms with Crippen molar-refractivity contribution in [2.75, 3.05) is 25.0 Å². The summed E-state index contributed by atoms with van der Waals surface area (Å²) in [7, 11) is 0. The van der Waals surface area contributed by atoms with Gasteiger partial charge in [-0.2, -0.15) is 0 Å². The van der Waals surface area contributed by atoms with E-state index in [1.165, 1.54) is 0 Å². The minimum Gasteiger partial charge on any atom is -0.480 e. The number of carboxylic acid groups (broad SMARTS) is 1. The van der Waals surface area contributed by atoms with E-state index in [0.29, 0.717) is 12.2 Å². The lowest BCUT2D eigenvalue weighted by atomic mass is 10.3. The summed E-state index contributed by atoms with van der Waals surface area (Å²) in [5.74, 6) is -1.12. The molecule has 0 saturated heterocycles. The molecule has 0 spiro atoms. The Kier molecular flexibility index (Phi) is 8.57. The second-order valence-electron chi connectivity index (χ2n) is 4.02. The van der Waals surface area contributed by atoms with Gasteiger partial charge in [-0.1, -0.05) is 25.1 Å². The first-order valence-corrected chi connectivity index (χ1v) is 5.91. The Hall–Kier alpha value is -1.59. The highest BCUT2D eigenvalue weighted by Gasteiger charge is 2.13. The molecule has 106 valence electrons. The molecule has 0 unspecified atom stereocenters. The van der Waals surface area contributed by atoms with Gasteiger partial charge in [0.1, 0.15) is 0 Å². The quantitative estimate of drug-likeness (QED) is 0.802. The number of benzene rings is 1. The highest BCUT2D eigenvalue weighted by molar-refractivity contribution is 5.92. The number of rotatable bonds is 7. The molecule has 0 aromatic heterocycles. The van der Waals surface area contributed by atoms with Crippen LogP contribution in [0.2, 0.25) is 0 Å². The number of carbonyl (C=O) groups excluding carboxylic acids is 1. The second kappa shape index (κ2) is 9.35. The van der Waals surface area contributed by atoms with Crippen molar-refractivity contribution in [1.29, 1.82) is 0 Å². The third-order valence-corrected chi connectivity index (χ3v) is 2.32. The summed E-state index contributed by atoms with van der Waals surface area (Å²) in [6, 6.07) is 9.11. The van der Waals surface area contributed by atoms with Crippen molar-refractivity contribution >= 4 is 30.0 Å². The van der Waals surface area contributed by atoms with Gasteiger partial charge in [0, 0.05) is 5.69 Å². The molecule has 0 fully saturated rings. The molecule has 0 aliphatic carbocycles. The molecule has 1 aromatic rings. The molecule has 0 radical (unpaired) electrons. The summed E-state index contributed by atoms with van der Waals surface area (Å²) < 4.78 is 0. The van der Waals surface area contributed by atoms with E-state index in [2.05, 4.69) is 5.32 Å². The normalized spacial score (nSPS) is 9.79. The van der Waals surface area contributed by atoms with Crippen LogP contribution < -0.4 is 5.32 Å². The minimum atomic E-state index is -0.920. The fourth-order valence-corrected chi connectivity index (χ4v) is 1.65. The Balaban J connectivity index is 0.00000324. The van der Waals surface area contributed by atoms with Crippen LogP contribution in [0.25, 0.3) is 0 Å². The lowest BCUT2D eigenvalue weighted by Crippen LogP contribution is -2.37. The summed E-state index contributed by atoms with van der Waals surface area (Å²) in [6.45, 7) is 2.52. The van der Waals surface area contributed by atoms with Gasteiger partial charge in [-0.25, -0.2) is 0 Å². The zero-order chi connectivity index (χ0) is 13.4. The van der Waals surface area contributed by atoms with Crippen molar-refractivity contribution in [3.8, 4) is 0 Å². The zero-order valence-corrected chi connectivity index (χ0v) is 11.7. The predicted octanol–water partition coefficient (Wildman–Crippen LogP) is 1.84. The molecule has 0 bridgehead atoms. The highest BCUT2D eigenvalue weighted by Crippen LogP contribution is 2.05. The third-order valence-electron chi connectivity index (χ3n) is 2.32. The highest BCUT2D eigenvalue weighted by atomic mass is 35.5. The Morgan fingerprint density at radius 2 is 1.84 bits per heavy atom. The van der Waals surface area contributed by atoms with Gasteiger partial charge < -0.3 is 10.4 Å². The van der Waals surface area contributed by atoms with Crippen LogP contribution in [-0.2, 0) is 9.59 Å². The lowest BCUT2D eigenvalue weighted by molar-refractivity contribution is -0.138. The number of para-hydroxylation sites is 1. The Morgan fingerprint density at radius 1 is 1.21 bits per heavy atom. The van der Waals surface area contributed by atoms with Gasteiger partial charge in [-0.05, 0) is 25.1 Å². The van der Waals surface area contributed by atoms with Crippen molar-refractivity contribution in [3.63, 3.8) is 0 Å². The summed E-state index contributed by atoms with van der Waals surface area (Å²) in [4.78, 5) is 24.0. The molecule has 0 heterocycles. The van der Waals surface area contributed by atoms with Crippen LogP contribution in [0.1, 0.15) is 13.3 Å². The van der Waals surface area contributed by atoms with Crippen molar-refractivity contribution in [3.05, 3.63) is 30.3 Å². The standard InChI is InChI=1S/C13H18N2O3.ClH/c1-2-8-15(10-13(17)18)9-12(16)14-11-6-4-3-5-7-11;/h3-7H,2,8-10H2,1H3,(H,14,16)(H,17,18);1H. The predicted molar refractivity (Wildman–Crippen MR) is 76.7 cm³/mol. The van der Waals surface area contributed by atoms with Gasteiger partial charge >= 0.3 is 5.97 Å². The number of carboxylic acids is 1. The Morgan fingerprint density at radius 3 is 2.37 bits per heavy atom. The van der Waals surface area contributed by atoms with Crippen molar-refractivity contribution < 1.29 is 14.7 Å². The maximum absolute atomic E-state index is 11.7. The smallest absolute Gasteiger partial charge is 0.317 e. The molecule has 2 N–H and O–H groups in total. The summed E-state index contributed by atoms with van der Waals surface area (Å²) in [6.07, 6.45) is 0.811. The number of halogens is 1. The number of nitrogens with one attached hydrogen (secondary N) is 1. The van der Waals surface area contributed by atoms with E-state index in [1.807, 2.05) is 25.1 Å². The molecule has 1 aromatic carbocycles. The maximum atomic E-state index is 11.7. The van der Waals surface area contributed by atoms with Gasteiger partial charge in [0.05, 0.1) is 13.1 Å². The fourth-order valence-electron chi connectivity index (χ4n) is 1.65. The van der Waals surface area contributed by atoms with E-state index in [0.717, 1.165) is 6.42 Å². The third kappa shape index (κ3) is 7.43. The maximum Gasteiger partial charge on any atom is 0.317 e. The summed E-state index contributed by atoms with van der Waals surface area (Å²) in [5.41, 5.74) is 0.717. The molecule has 1 rings (SSSR count). The van der Waals surface area contributed by atoms with Crippen molar-refractivity contribution in [1.82, 2.24) is 4.90 Å². The van der Waals surface area contributed by atoms with Gasteiger partial charge in [0.2, 0.25) is 5.91 Å². The number of anilines is 1. The first-order valence-electron chi connectivity index (χ1n) is 5.91. The zero-order valence-electron chi connectivity index (χ0n) is 10.8. The lowest BCUT2D eigenvalue weighted by Gasteiger charge is -2.18. The largest absolute Gasteiger partial charge is 0.480 e. The Labute approximate surface area is 119 Å². The molecular formula is C13H19ClN2O3. The minimum absolute atomic E-state index is 0. The molecule has 0 saturated carbocycles. The van der Waals surface area contributed by atoms with Gasteiger partial charge in [0.15, 0.2) is 0 Å². The van der Waals surface area contributed by atoms with Crippen LogP contribution in [0.3, 0.4) is 0 Å². The van der Waals surface area contributed by atoms with E-state index in [4.69, 9.17) is 5.11 Å². The second-order valence-corrected chi connectivity index (χ2v) is 4.02. The monoisotopic (exact) mass is 286 g/mol. The number of aliphatic carboxylic acids is 1. The molecule has 19 heavy (non-hydrogen) atoms. The average Bonchev–Trinajstić information content (AvgIpc) is 2.29. The van der Waals surface area contributed by atoms with Gasteiger partial charge in [-0.3, -0.25) is 14.5 Å². The fraction of sp³-hybridized carbons (Fsp3) is 0.385. The molecule has 1 amide bonds. The molecular weight excluding hydrogens is 268 g/mol. The van der Waals surface area contributed by atoms with E-state index in [-0.39, 0.29) is 31.4 Å². The van der Waals surface area contributed by atoms with Crippen molar-refractivity contribution in [2.24, 2.45) is 0 Å². The van der Waals surface area contributed by atoms with E-state index in [9.17, 15) is 9.59 Å². The number of carbonyl (C=O) groups is 2. The number of hydrogen-bond acceptors (Lipinski definition) is 3. The van der Waals surface area contributed by atoms with Crippen LogP contribution in [-0.4, -0.2) is 41.5 Å². The summed E-state index contributed by atoms with van der Waals surface area (Å²) in [5, 5.41) is 11.5. The molecule has 0 atom stereocenters. The van der Waals surface area contributed by atoms with Crippen LogP contribution in [0.15, 0.2) is 30.3 Å². The Bertz CT molecular complexity index is 398. The number of hydrogen-bond donors (Lipinski definition) is 2. The topological polar surface area (TPSA) is 69.6 Å². The van der Waals surface area contributed by atoms with Crippen LogP contribution >= 0.6 is 12.4 Å². The van der Waals surface area contributed by atoms with Crippen LogP contribution in [0.5, 0.6) is 0 Å². The van der Waals surface area contributed by atoms with Gasteiger partial charge in [-0.15, -0.1) is 12.4 Å². The molecule has 0 aliphatic heterocycles. The SMILES string of the molecule is CCCN(CC(=O)O)CC(=O)Nc1ccccc1.Cl. The molecule has 5 nitrogen and oxygen atoms in total. The first-order chi connectivity index (χ1) is 8.61. The van der Waals surface area contributed by atoms with Crippen LogP contribution in [0, 0.1) is 0 Å². The van der Waals surface area contributed by atoms with Crippen molar-refractivity contribution in [2.45, 2.75) is 13.3 Å². The first kappa shape index (κ1) is 17.4. The number of amides is 1. The summed E-state index contributed by atoms with van der Waals surface area (Å²) >= 11 is 0. The van der Waals surface area contributed by atoms with Crippen LogP contribution in [0.4, 0.5) is 5.69 Å². The van der Waals surface area contributed by atoms with Gasteiger partial charge in [0.25, 0.3) is 0 Å². The molecule has 6 heteroatoms. The van der Waals surface area contributed by atoms with E-state index < -0.39 is 5.97 Å². The molecule has 0 aliphatic rings. The number of nitrogens with zero attached hydrogens (tertiary/aromatic N) is 1. The average molecular weight is 287 g/mol. The van der Waals surface area contributed by atoms with E-state index >= 15 is 0 Å². The van der Waals surface area contributed by atoms with E-state index in [1.54, 1.807) is 17.0 Å².